The molecule has 0 saturated carbocycles. The van der Waals surface area contributed by atoms with Gasteiger partial charge in [-0.25, -0.2) is 9.97 Å². The number of hydrogen-bond acceptors (Lipinski definition) is 6. The largest absolute Gasteiger partial charge is 0.481 e. The maximum atomic E-state index is 6.72. The van der Waals surface area contributed by atoms with Crippen molar-refractivity contribution in [3.63, 3.8) is 0 Å². The Balaban J connectivity index is 1.46. The molecule has 0 aliphatic carbocycles. The first-order chi connectivity index (χ1) is 18.8. The predicted octanol–water partition coefficient (Wildman–Crippen LogP) is 6.99. The first kappa shape index (κ1) is 26.0. The van der Waals surface area contributed by atoms with E-state index in [9.17, 15) is 0 Å². The number of methoxy groups -OCH3 is 2. The van der Waals surface area contributed by atoms with Gasteiger partial charge in [-0.1, -0.05) is 57.2 Å². The van der Waals surface area contributed by atoms with E-state index in [2.05, 4.69) is 63.8 Å². The second kappa shape index (κ2) is 10.1. The Bertz CT molecular complexity index is 1540. The highest BCUT2D eigenvalue weighted by Crippen LogP contribution is 2.66. The van der Waals surface area contributed by atoms with Crippen molar-refractivity contribution in [1.82, 2.24) is 9.97 Å². The fourth-order valence-corrected chi connectivity index (χ4v) is 10.5. The first-order valence-electron chi connectivity index (χ1n) is 12.9. The molecule has 8 heteroatoms. The lowest BCUT2D eigenvalue weighted by atomic mass is 10.0. The van der Waals surface area contributed by atoms with Gasteiger partial charge in [-0.05, 0) is 63.1 Å². The molecule has 6 nitrogen and oxygen atoms in total. The molecule has 0 unspecified atom stereocenters. The number of pyridine rings is 2. The van der Waals surface area contributed by atoms with E-state index >= 15 is 0 Å². The van der Waals surface area contributed by atoms with Crippen molar-refractivity contribution in [2.24, 2.45) is 0 Å². The van der Waals surface area contributed by atoms with E-state index in [4.69, 9.17) is 28.9 Å². The molecule has 6 rings (SSSR count). The summed E-state index contributed by atoms with van der Waals surface area (Å²) in [5.41, 5.74) is 4.23. The van der Waals surface area contributed by atoms with Crippen LogP contribution >= 0.6 is 15.8 Å². The van der Waals surface area contributed by atoms with Gasteiger partial charge in [0.15, 0.2) is 11.7 Å². The van der Waals surface area contributed by atoms with E-state index in [-0.39, 0.29) is 16.8 Å². The second-order valence-corrected chi connectivity index (χ2v) is 15.7. The van der Waals surface area contributed by atoms with Gasteiger partial charge in [-0.15, -0.1) is 0 Å². The fraction of sp³-hybridized carbons (Fsp3) is 0.290. The van der Waals surface area contributed by atoms with Crippen LogP contribution in [-0.4, -0.2) is 36.0 Å². The maximum Gasteiger partial charge on any atom is 0.213 e. The summed E-state index contributed by atoms with van der Waals surface area (Å²) < 4.78 is 24.1. The zero-order valence-electron chi connectivity index (χ0n) is 23.0. The summed E-state index contributed by atoms with van der Waals surface area (Å²) in [4.78, 5) is 9.49. The number of nitrogens with zero attached hydrogens (tertiary/aromatic N) is 2. The van der Waals surface area contributed by atoms with Crippen LogP contribution in [0.15, 0.2) is 72.8 Å². The molecule has 4 atom stereocenters. The third-order valence-electron chi connectivity index (χ3n) is 7.08. The molecule has 0 fully saturated rings. The van der Waals surface area contributed by atoms with Crippen LogP contribution in [0.2, 0.25) is 0 Å². The second-order valence-electron chi connectivity index (χ2n) is 10.6. The predicted molar refractivity (Wildman–Crippen MR) is 159 cm³/mol. The average molecular weight is 559 g/mol. The van der Waals surface area contributed by atoms with Crippen LogP contribution in [0.25, 0.3) is 11.1 Å². The van der Waals surface area contributed by atoms with Crippen molar-refractivity contribution in [3.8, 4) is 34.4 Å². The summed E-state index contributed by atoms with van der Waals surface area (Å²) in [6.07, 6.45) is 0. The zero-order chi connectivity index (χ0) is 27.3. The summed E-state index contributed by atoms with van der Waals surface area (Å²) >= 11 is 0. The Labute approximate surface area is 232 Å². The van der Waals surface area contributed by atoms with E-state index in [1.54, 1.807) is 14.2 Å². The summed E-state index contributed by atoms with van der Waals surface area (Å²) in [5, 5.41) is 2.53. The van der Waals surface area contributed by atoms with Crippen molar-refractivity contribution >= 4 is 26.5 Å². The van der Waals surface area contributed by atoms with Crippen LogP contribution in [0, 0.1) is 0 Å². The Hall–Kier alpha value is -3.20. The van der Waals surface area contributed by atoms with E-state index in [0.717, 1.165) is 22.9 Å². The highest BCUT2D eigenvalue weighted by Gasteiger charge is 2.45. The lowest BCUT2D eigenvalue weighted by molar-refractivity contribution is 0.292. The van der Waals surface area contributed by atoms with Crippen molar-refractivity contribution in [2.45, 2.75) is 37.6 Å². The number of hydrogen-bond donors (Lipinski definition) is 0. The van der Waals surface area contributed by atoms with Crippen LogP contribution in [-0.2, 0) is 0 Å². The topological polar surface area (TPSA) is 62.7 Å². The monoisotopic (exact) mass is 558 g/mol. The minimum atomic E-state index is -0.789. The van der Waals surface area contributed by atoms with Gasteiger partial charge in [0.25, 0.3) is 0 Å². The first-order valence-corrected chi connectivity index (χ1v) is 16.2. The highest BCUT2D eigenvalue weighted by molar-refractivity contribution is 7.68. The molecule has 2 aliphatic rings. The van der Waals surface area contributed by atoms with Gasteiger partial charge >= 0.3 is 0 Å². The number of benzene rings is 2. The van der Waals surface area contributed by atoms with E-state index in [0.29, 0.717) is 11.8 Å². The van der Waals surface area contributed by atoms with Crippen LogP contribution in [0.4, 0.5) is 0 Å². The molecule has 0 radical (unpaired) electrons. The molecule has 2 aliphatic heterocycles. The molecule has 2 aromatic heterocycles. The molecule has 200 valence electrons. The molecule has 0 bridgehead atoms. The summed E-state index contributed by atoms with van der Waals surface area (Å²) in [6.45, 7) is 9.19. The number of aromatic nitrogens is 2. The van der Waals surface area contributed by atoms with Gasteiger partial charge in [0.1, 0.15) is 11.5 Å². The molecule has 0 amide bonds. The van der Waals surface area contributed by atoms with Crippen molar-refractivity contribution in [1.29, 1.82) is 0 Å². The van der Waals surface area contributed by atoms with Crippen LogP contribution in [0.3, 0.4) is 0 Å². The van der Waals surface area contributed by atoms with Crippen molar-refractivity contribution in [3.05, 3.63) is 84.2 Å². The normalized spacial score (nSPS) is 21.5. The molecular weight excluding hydrogens is 526 g/mol. The van der Waals surface area contributed by atoms with Gasteiger partial charge in [0, 0.05) is 22.7 Å². The standard InChI is InChI=1S/C31H32N2O4P2/c1-31(2,3)39-28-20(12-8-16-24(28)37-30(39)22-14-10-18-26(33-22)35-5)19-11-7-15-23-27(19)38(6)29(36-23)21-13-9-17-25(32-21)34-4/h7-18,29-30H,1-6H3/t29-,30-,38-,39-/m1/s1. The number of rotatable bonds is 5. The third kappa shape index (κ3) is 4.54. The Kier molecular flexibility index (Phi) is 6.73. The maximum absolute atomic E-state index is 6.72. The number of ether oxygens (including phenoxy) is 4. The molecule has 39 heavy (non-hydrogen) atoms. The van der Waals surface area contributed by atoms with Crippen LogP contribution < -0.4 is 29.6 Å². The van der Waals surface area contributed by atoms with Gasteiger partial charge in [-0.3, -0.25) is 0 Å². The SMILES string of the molecule is COc1cccc([C@@H]2Oc3cccc(-c4cccc5c4[P@@](C(C)(C)C)[C@H](c4cccc(OC)n4)O5)c3[P@@]2C)n1. The summed E-state index contributed by atoms with van der Waals surface area (Å²) in [7, 11) is 1.81. The van der Waals surface area contributed by atoms with Crippen molar-refractivity contribution < 1.29 is 18.9 Å². The average Bonchev–Trinajstić information content (AvgIpc) is 3.51. The Morgan fingerprint density at radius 2 is 1.15 bits per heavy atom. The summed E-state index contributed by atoms with van der Waals surface area (Å²) in [6, 6.07) is 24.6. The number of fused-ring (bicyclic) bond motifs is 2. The summed E-state index contributed by atoms with van der Waals surface area (Å²) in [5.74, 6) is 2.78. The molecular formula is C31H32N2O4P2. The Morgan fingerprint density at radius 3 is 1.72 bits per heavy atom. The minimum Gasteiger partial charge on any atom is -0.481 e. The highest BCUT2D eigenvalue weighted by atomic mass is 31.1. The molecule has 0 N–H and O–H groups in total. The Morgan fingerprint density at radius 1 is 0.667 bits per heavy atom. The van der Waals surface area contributed by atoms with Crippen LogP contribution in [0.1, 0.15) is 43.8 Å². The lowest BCUT2D eigenvalue weighted by Gasteiger charge is -2.32. The quantitative estimate of drug-likeness (QED) is 0.246. The third-order valence-corrected chi connectivity index (χ3v) is 12.6. The van der Waals surface area contributed by atoms with E-state index < -0.39 is 15.8 Å². The van der Waals surface area contributed by atoms with Gasteiger partial charge in [-0.2, -0.15) is 0 Å². The fourth-order valence-electron chi connectivity index (χ4n) is 5.39. The smallest absolute Gasteiger partial charge is 0.213 e. The van der Waals surface area contributed by atoms with Gasteiger partial charge in [0.05, 0.1) is 25.6 Å². The lowest BCUT2D eigenvalue weighted by Crippen LogP contribution is -2.22. The van der Waals surface area contributed by atoms with Crippen molar-refractivity contribution in [2.75, 3.05) is 20.9 Å². The van der Waals surface area contributed by atoms with Gasteiger partial charge in [0.2, 0.25) is 11.8 Å². The molecule has 4 heterocycles. The van der Waals surface area contributed by atoms with E-state index in [1.807, 2.05) is 36.4 Å². The minimum absolute atomic E-state index is 0.0233. The molecule has 2 aromatic carbocycles. The van der Waals surface area contributed by atoms with Crippen LogP contribution in [0.5, 0.6) is 23.3 Å². The molecule has 0 spiro atoms. The molecule has 0 saturated heterocycles. The van der Waals surface area contributed by atoms with E-state index in [1.165, 1.54) is 21.7 Å². The zero-order valence-corrected chi connectivity index (χ0v) is 24.8. The van der Waals surface area contributed by atoms with Gasteiger partial charge < -0.3 is 18.9 Å². The molecule has 4 aromatic rings.